The van der Waals surface area contributed by atoms with Crippen LogP contribution in [-0.2, 0) is 10.2 Å². The predicted octanol–water partition coefficient (Wildman–Crippen LogP) is 3.04. The van der Waals surface area contributed by atoms with Crippen molar-refractivity contribution >= 4 is 5.96 Å². The van der Waals surface area contributed by atoms with Gasteiger partial charge in [0, 0.05) is 50.3 Å². The van der Waals surface area contributed by atoms with Crippen LogP contribution in [0.3, 0.4) is 0 Å². The number of benzene rings is 1. The van der Waals surface area contributed by atoms with Crippen LogP contribution in [0.2, 0.25) is 0 Å². The molecule has 0 spiro atoms. The van der Waals surface area contributed by atoms with Gasteiger partial charge < -0.3 is 24.8 Å². The van der Waals surface area contributed by atoms with Gasteiger partial charge in [0.2, 0.25) is 6.79 Å². The highest BCUT2D eigenvalue weighted by Crippen LogP contribution is 2.41. The van der Waals surface area contributed by atoms with E-state index in [1.54, 1.807) is 0 Å². The minimum absolute atomic E-state index is 0.0346. The van der Waals surface area contributed by atoms with E-state index < -0.39 is 0 Å². The van der Waals surface area contributed by atoms with E-state index in [-0.39, 0.29) is 5.41 Å². The van der Waals surface area contributed by atoms with Gasteiger partial charge in [-0.05, 0) is 56.7 Å². The van der Waals surface area contributed by atoms with Crippen LogP contribution in [0.15, 0.2) is 23.2 Å². The molecule has 4 aliphatic rings. The zero-order chi connectivity index (χ0) is 21.8. The summed E-state index contributed by atoms with van der Waals surface area (Å²) >= 11 is 0. The van der Waals surface area contributed by atoms with Crippen LogP contribution >= 0.6 is 0 Å². The molecule has 1 aromatic carbocycles. The van der Waals surface area contributed by atoms with Crippen molar-refractivity contribution in [3.05, 3.63) is 23.8 Å². The highest BCUT2D eigenvalue weighted by atomic mass is 16.7. The number of ether oxygens (including phenoxy) is 3. The van der Waals surface area contributed by atoms with Gasteiger partial charge in [-0.3, -0.25) is 9.89 Å². The summed E-state index contributed by atoms with van der Waals surface area (Å²) in [5.74, 6) is 2.63. The number of nitrogens with one attached hydrogen (secondary N) is 2. The van der Waals surface area contributed by atoms with Gasteiger partial charge >= 0.3 is 0 Å². The summed E-state index contributed by atoms with van der Waals surface area (Å²) in [4.78, 5) is 7.81. The van der Waals surface area contributed by atoms with Crippen molar-refractivity contribution in [1.29, 1.82) is 0 Å². The van der Waals surface area contributed by atoms with Crippen molar-refractivity contribution in [3.63, 3.8) is 0 Å². The Bertz CT molecular complexity index is 802. The lowest BCUT2D eigenvalue weighted by molar-refractivity contribution is 0.0530. The number of rotatable bonds is 6. The molecule has 3 fully saturated rings. The molecule has 176 valence electrons. The van der Waals surface area contributed by atoms with E-state index in [0.29, 0.717) is 12.8 Å². The number of nitrogens with zero attached hydrogens (tertiary/aromatic N) is 2. The quantitative estimate of drug-likeness (QED) is 0.522. The summed E-state index contributed by atoms with van der Waals surface area (Å²) in [5, 5.41) is 7.23. The first-order valence-electron chi connectivity index (χ1n) is 12.5. The van der Waals surface area contributed by atoms with E-state index in [1.165, 1.54) is 44.2 Å². The van der Waals surface area contributed by atoms with Crippen molar-refractivity contribution in [3.8, 4) is 11.5 Å². The average molecular weight is 443 g/mol. The third kappa shape index (κ3) is 4.69. The number of hydrogen-bond acceptors (Lipinski definition) is 5. The Hall–Kier alpha value is -1.99. The maximum Gasteiger partial charge on any atom is 0.231 e. The lowest BCUT2D eigenvalue weighted by atomic mass is 9.74. The van der Waals surface area contributed by atoms with E-state index in [0.717, 1.165) is 69.2 Å². The fourth-order valence-electron chi connectivity index (χ4n) is 5.78. The predicted molar refractivity (Wildman–Crippen MR) is 126 cm³/mol. The minimum atomic E-state index is -0.0346. The van der Waals surface area contributed by atoms with Crippen molar-refractivity contribution in [1.82, 2.24) is 15.5 Å². The third-order valence-corrected chi connectivity index (χ3v) is 7.72. The molecule has 3 aliphatic heterocycles. The molecule has 7 heteroatoms. The smallest absolute Gasteiger partial charge is 0.231 e. The fraction of sp³-hybridized carbons (Fsp3) is 0.720. The standard InChI is InChI=1S/C25H38N4O3/c1-2-26-24(28-20-9-12-29(16-20)21-5-3-4-6-21)27-17-25(10-13-30-14-11-25)19-7-8-22-23(15-19)32-18-31-22/h7-8,15,20-21H,2-6,9-14,16-18H2,1H3,(H2,26,27,28). The molecular formula is C25H38N4O3. The largest absolute Gasteiger partial charge is 0.454 e. The van der Waals surface area contributed by atoms with Crippen LogP contribution < -0.4 is 20.1 Å². The molecule has 5 rings (SSSR count). The molecule has 1 saturated carbocycles. The SMILES string of the molecule is CCNC(=NCC1(c2ccc3c(c2)OCO3)CCOCC1)NC1CCN(C2CCCC2)C1. The van der Waals surface area contributed by atoms with E-state index >= 15 is 0 Å². The Morgan fingerprint density at radius 3 is 2.75 bits per heavy atom. The molecule has 3 heterocycles. The molecule has 0 radical (unpaired) electrons. The van der Waals surface area contributed by atoms with Gasteiger partial charge in [0.05, 0.1) is 6.54 Å². The van der Waals surface area contributed by atoms with Crippen LogP contribution in [0.5, 0.6) is 11.5 Å². The first-order valence-corrected chi connectivity index (χ1v) is 12.5. The van der Waals surface area contributed by atoms with Crippen LogP contribution in [0.1, 0.15) is 57.4 Å². The average Bonchev–Trinajstić information content (AvgIpc) is 3.59. The maximum atomic E-state index is 5.72. The Balaban J connectivity index is 1.29. The van der Waals surface area contributed by atoms with Gasteiger partial charge in [0.15, 0.2) is 17.5 Å². The molecular weight excluding hydrogens is 404 g/mol. The van der Waals surface area contributed by atoms with Crippen molar-refractivity contribution < 1.29 is 14.2 Å². The first kappa shape index (κ1) is 21.8. The Kier molecular flexibility index (Phi) is 6.74. The van der Waals surface area contributed by atoms with Crippen molar-refractivity contribution in [2.45, 2.75) is 69.4 Å². The van der Waals surface area contributed by atoms with Crippen molar-refractivity contribution in [2.24, 2.45) is 4.99 Å². The summed E-state index contributed by atoms with van der Waals surface area (Å²) in [6.45, 7) is 7.94. The molecule has 0 aromatic heterocycles. The Morgan fingerprint density at radius 2 is 1.94 bits per heavy atom. The highest BCUT2D eigenvalue weighted by molar-refractivity contribution is 5.80. The number of hydrogen-bond donors (Lipinski definition) is 2. The van der Waals surface area contributed by atoms with Crippen LogP contribution in [0.25, 0.3) is 0 Å². The van der Waals surface area contributed by atoms with Crippen molar-refractivity contribution in [2.75, 3.05) is 46.2 Å². The monoisotopic (exact) mass is 442 g/mol. The molecule has 0 bridgehead atoms. The second-order valence-corrected chi connectivity index (χ2v) is 9.72. The molecule has 1 aromatic rings. The van der Waals surface area contributed by atoms with Crippen LogP contribution in [0.4, 0.5) is 0 Å². The number of aliphatic imine (C=N–C) groups is 1. The number of likely N-dealkylation sites (tertiary alicyclic amines) is 1. The van der Waals surface area contributed by atoms with E-state index in [1.807, 2.05) is 6.07 Å². The third-order valence-electron chi connectivity index (χ3n) is 7.72. The summed E-state index contributed by atoms with van der Waals surface area (Å²) in [7, 11) is 0. The Labute approximate surface area is 191 Å². The molecule has 1 unspecified atom stereocenters. The topological polar surface area (TPSA) is 67.4 Å². The van der Waals surface area contributed by atoms with Gasteiger partial charge in [0.25, 0.3) is 0 Å². The molecule has 1 atom stereocenters. The van der Waals surface area contributed by atoms with Crippen LogP contribution in [-0.4, -0.2) is 69.1 Å². The molecule has 0 amide bonds. The molecule has 7 nitrogen and oxygen atoms in total. The molecule has 32 heavy (non-hydrogen) atoms. The first-order chi connectivity index (χ1) is 15.8. The second kappa shape index (κ2) is 9.87. The summed E-state index contributed by atoms with van der Waals surface area (Å²) in [6, 6.07) is 7.66. The lowest BCUT2D eigenvalue weighted by Gasteiger charge is -2.37. The normalized spacial score (nSPS) is 25.9. The van der Waals surface area contributed by atoms with Crippen LogP contribution in [0, 0.1) is 0 Å². The number of guanidine groups is 1. The molecule has 1 aliphatic carbocycles. The van der Waals surface area contributed by atoms with Gasteiger partial charge in [0.1, 0.15) is 0 Å². The van der Waals surface area contributed by atoms with Gasteiger partial charge in [-0.1, -0.05) is 18.9 Å². The molecule has 2 saturated heterocycles. The minimum Gasteiger partial charge on any atom is -0.454 e. The summed E-state index contributed by atoms with van der Waals surface area (Å²) in [6.07, 6.45) is 8.68. The molecule has 2 N–H and O–H groups in total. The zero-order valence-corrected chi connectivity index (χ0v) is 19.4. The van der Waals surface area contributed by atoms with E-state index in [9.17, 15) is 0 Å². The van der Waals surface area contributed by atoms with Gasteiger partial charge in [-0.15, -0.1) is 0 Å². The zero-order valence-electron chi connectivity index (χ0n) is 19.4. The summed E-state index contributed by atoms with van der Waals surface area (Å²) < 4.78 is 16.9. The van der Waals surface area contributed by atoms with E-state index in [4.69, 9.17) is 19.2 Å². The maximum absolute atomic E-state index is 5.72. The van der Waals surface area contributed by atoms with Gasteiger partial charge in [-0.25, -0.2) is 0 Å². The number of fused-ring (bicyclic) bond motifs is 1. The highest BCUT2D eigenvalue weighted by Gasteiger charge is 2.36. The van der Waals surface area contributed by atoms with Gasteiger partial charge in [-0.2, -0.15) is 0 Å². The summed E-state index contributed by atoms with van der Waals surface area (Å²) in [5.41, 5.74) is 1.24. The van der Waals surface area contributed by atoms with E-state index in [2.05, 4.69) is 34.6 Å². The lowest BCUT2D eigenvalue weighted by Crippen LogP contribution is -2.46. The second-order valence-electron chi connectivity index (χ2n) is 9.72. The fourth-order valence-corrected chi connectivity index (χ4v) is 5.78. The Morgan fingerprint density at radius 1 is 1.12 bits per heavy atom.